The van der Waals surface area contributed by atoms with Crippen molar-refractivity contribution in [3.05, 3.63) is 35.5 Å². The van der Waals surface area contributed by atoms with Crippen LogP contribution in [0.15, 0.2) is 24.3 Å². The Kier molecular flexibility index (Phi) is 2.23. The summed E-state index contributed by atoms with van der Waals surface area (Å²) in [5, 5.41) is 9.89. The average molecular weight is 265 g/mol. The molecule has 4 nitrogen and oxygen atoms in total. The van der Waals surface area contributed by atoms with Crippen molar-refractivity contribution in [3.63, 3.8) is 0 Å². The SMILES string of the molecule is N#Cc1ccc2cc(C(=O)N3CCC4(CC4)C3)[nH]c2c1. The second-order valence-electron chi connectivity index (χ2n) is 6.07. The predicted molar refractivity (Wildman–Crippen MR) is 75.2 cm³/mol. The highest BCUT2D eigenvalue weighted by molar-refractivity contribution is 5.98. The summed E-state index contributed by atoms with van der Waals surface area (Å²) in [5.74, 6) is 0.0866. The van der Waals surface area contributed by atoms with Crippen LogP contribution in [0.4, 0.5) is 0 Å². The highest BCUT2D eigenvalue weighted by Gasteiger charge is 2.48. The van der Waals surface area contributed by atoms with Gasteiger partial charge in [-0.2, -0.15) is 5.26 Å². The van der Waals surface area contributed by atoms with E-state index in [4.69, 9.17) is 5.26 Å². The minimum absolute atomic E-state index is 0.0866. The Balaban J connectivity index is 1.64. The van der Waals surface area contributed by atoms with Gasteiger partial charge in [-0.25, -0.2) is 0 Å². The minimum Gasteiger partial charge on any atom is -0.350 e. The molecule has 0 bridgehead atoms. The molecule has 1 amide bonds. The molecule has 2 aliphatic rings. The summed E-state index contributed by atoms with van der Waals surface area (Å²) in [6, 6.07) is 9.45. The fourth-order valence-corrected chi connectivity index (χ4v) is 3.18. The summed E-state index contributed by atoms with van der Waals surface area (Å²) < 4.78 is 0. The Labute approximate surface area is 117 Å². The molecular formula is C16H15N3O. The van der Waals surface area contributed by atoms with E-state index in [9.17, 15) is 4.79 Å². The molecule has 20 heavy (non-hydrogen) atoms. The molecule has 1 aromatic heterocycles. The van der Waals surface area contributed by atoms with Crippen molar-refractivity contribution >= 4 is 16.8 Å². The van der Waals surface area contributed by atoms with Crippen LogP contribution in [0.5, 0.6) is 0 Å². The second kappa shape index (κ2) is 3.86. The summed E-state index contributed by atoms with van der Waals surface area (Å²) in [5.41, 5.74) is 2.55. The molecule has 1 saturated heterocycles. The molecule has 1 aliphatic heterocycles. The summed E-state index contributed by atoms with van der Waals surface area (Å²) in [6.45, 7) is 1.78. The third-order valence-corrected chi connectivity index (χ3v) is 4.66. The van der Waals surface area contributed by atoms with Gasteiger partial charge in [-0.15, -0.1) is 0 Å². The highest BCUT2D eigenvalue weighted by Crippen LogP contribution is 2.52. The van der Waals surface area contributed by atoms with Crippen molar-refractivity contribution in [1.82, 2.24) is 9.88 Å². The number of likely N-dealkylation sites (tertiary alicyclic amines) is 1. The van der Waals surface area contributed by atoms with Gasteiger partial charge >= 0.3 is 0 Å². The van der Waals surface area contributed by atoms with E-state index in [0.29, 0.717) is 16.7 Å². The lowest BCUT2D eigenvalue weighted by Crippen LogP contribution is -2.29. The third-order valence-electron chi connectivity index (χ3n) is 4.66. The largest absolute Gasteiger partial charge is 0.350 e. The average Bonchev–Trinajstić information content (AvgIpc) is 2.91. The highest BCUT2D eigenvalue weighted by atomic mass is 16.2. The molecule has 2 fully saturated rings. The zero-order chi connectivity index (χ0) is 13.7. The van der Waals surface area contributed by atoms with Crippen LogP contribution in [0, 0.1) is 16.7 Å². The Bertz CT molecular complexity index is 749. The molecule has 2 aromatic rings. The number of H-pyrrole nitrogens is 1. The number of hydrogen-bond acceptors (Lipinski definition) is 2. The van der Waals surface area contributed by atoms with Gasteiger partial charge in [0.05, 0.1) is 11.6 Å². The van der Waals surface area contributed by atoms with Crippen LogP contribution in [0.25, 0.3) is 10.9 Å². The molecule has 1 saturated carbocycles. The van der Waals surface area contributed by atoms with E-state index in [2.05, 4.69) is 11.1 Å². The monoisotopic (exact) mass is 265 g/mol. The maximum Gasteiger partial charge on any atom is 0.270 e. The molecule has 0 atom stereocenters. The van der Waals surface area contributed by atoms with Gasteiger partial charge in [0.15, 0.2) is 0 Å². The predicted octanol–water partition coefficient (Wildman–Crippen LogP) is 2.67. The van der Waals surface area contributed by atoms with Crippen LogP contribution < -0.4 is 0 Å². The molecule has 100 valence electrons. The first-order valence-corrected chi connectivity index (χ1v) is 7.01. The maximum atomic E-state index is 12.5. The number of aromatic amines is 1. The van der Waals surface area contributed by atoms with Gasteiger partial charge in [0.2, 0.25) is 0 Å². The van der Waals surface area contributed by atoms with Crippen LogP contribution in [0.1, 0.15) is 35.3 Å². The standard InChI is InChI=1S/C16H15N3O/c17-9-11-1-2-12-8-14(18-13(12)7-11)15(20)19-6-5-16(10-19)3-4-16/h1-2,7-8,18H,3-6,10H2. The fourth-order valence-electron chi connectivity index (χ4n) is 3.18. The molecule has 1 aliphatic carbocycles. The molecule has 2 heterocycles. The van der Waals surface area contributed by atoms with Crippen LogP contribution in [-0.2, 0) is 0 Å². The summed E-state index contributed by atoms with van der Waals surface area (Å²) in [7, 11) is 0. The lowest BCUT2D eigenvalue weighted by atomic mass is 10.1. The van der Waals surface area contributed by atoms with E-state index in [1.165, 1.54) is 12.8 Å². The fraction of sp³-hybridized carbons (Fsp3) is 0.375. The van der Waals surface area contributed by atoms with Crippen LogP contribution >= 0.6 is 0 Å². The first kappa shape index (κ1) is 11.5. The van der Waals surface area contributed by atoms with E-state index >= 15 is 0 Å². The van der Waals surface area contributed by atoms with Gasteiger partial charge in [0.1, 0.15) is 5.69 Å². The van der Waals surface area contributed by atoms with E-state index < -0.39 is 0 Å². The number of nitrogens with one attached hydrogen (secondary N) is 1. The lowest BCUT2D eigenvalue weighted by Gasteiger charge is -2.15. The van der Waals surface area contributed by atoms with E-state index in [0.717, 1.165) is 30.4 Å². The number of nitrogens with zero attached hydrogens (tertiary/aromatic N) is 2. The van der Waals surface area contributed by atoms with Crippen molar-refractivity contribution < 1.29 is 4.79 Å². The summed E-state index contributed by atoms with van der Waals surface area (Å²) >= 11 is 0. The number of carbonyl (C=O) groups excluding carboxylic acids is 1. The Hall–Kier alpha value is -2.28. The van der Waals surface area contributed by atoms with Crippen molar-refractivity contribution in [2.24, 2.45) is 5.41 Å². The Morgan fingerprint density at radius 1 is 1.30 bits per heavy atom. The molecule has 0 unspecified atom stereocenters. The van der Waals surface area contributed by atoms with Gasteiger partial charge in [-0.1, -0.05) is 6.07 Å². The Morgan fingerprint density at radius 3 is 2.85 bits per heavy atom. The molecule has 1 aromatic carbocycles. The van der Waals surface area contributed by atoms with Gasteiger partial charge in [0, 0.05) is 24.0 Å². The molecule has 4 rings (SSSR count). The van der Waals surface area contributed by atoms with E-state index in [-0.39, 0.29) is 5.91 Å². The van der Waals surface area contributed by atoms with Gasteiger partial charge < -0.3 is 9.88 Å². The molecule has 0 radical (unpaired) electrons. The number of carbonyl (C=O) groups is 1. The third kappa shape index (κ3) is 1.70. The number of amides is 1. The lowest BCUT2D eigenvalue weighted by molar-refractivity contribution is 0.0780. The van der Waals surface area contributed by atoms with Crippen LogP contribution in [0.2, 0.25) is 0 Å². The number of benzene rings is 1. The number of hydrogen-bond donors (Lipinski definition) is 1. The first-order chi connectivity index (χ1) is 9.69. The van der Waals surface area contributed by atoms with Crippen LogP contribution in [0.3, 0.4) is 0 Å². The minimum atomic E-state index is 0.0866. The normalized spacial score (nSPS) is 19.4. The number of fused-ring (bicyclic) bond motifs is 1. The number of aromatic nitrogens is 1. The zero-order valence-corrected chi connectivity index (χ0v) is 11.1. The summed E-state index contributed by atoms with van der Waals surface area (Å²) in [4.78, 5) is 17.6. The van der Waals surface area contributed by atoms with Gasteiger partial charge in [-0.3, -0.25) is 4.79 Å². The zero-order valence-electron chi connectivity index (χ0n) is 11.1. The Morgan fingerprint density at radius 2 is 2.15 bits per heavy atom. The van der Waals surface area contributed by atoms with Crippen LogP contribution in [-0.4, -0.2) is 28.9 Å². The summed E-state index contributed by atoms with van der Waals surface area (Å²) in [6.07, 6.45) is 3.70. The first-order valence-electron chi connectivity index (χ1n) is 7.01. The molecule has 1 spiro atoms. The number of nitriles is 1. The second-order valence-corrected chi connectivity index (χ2v) is 6.07. The smallest absolute Gasteiger partial charge is 0.270 e. The van der Waals surface area contributed by atoms with Crippen molar-refractivity contribution in [3.8, 4) is 6.07 Å². The number of rotatable bonds is 1. The quantitative estimate of drug-likeness (QED) is 0.861. The van der Waals surface area contributed by atoms with Crippen molar-refractivity contribution in [2.75, 3.05) is 13.1 Å². The van der Waals surface area contributed by atoms with Crippen molar-refractivity contribution in [2.45, 2.75) is 19.3 Å². The van der Waals surface area contributed by atoms with Crippen molar-refractivity contribution in [1.29, 1.82) is 5.26 Å². The topological polar surface area (TPSA) is 59.9 Å². The van der Waals surface area contributed by atoms with E-state index in [1.54, 1.807) is 12.1 Å². The van der Waals surface area contributed by atoms with Gasteiger partial charge in [-0.05, 0) is 42.9 Å². The van der Waals surface area contributed by atoms with E-state index in [1.807, 2.05) is 17.0 Å². The maximum absolute atomic E-state index is 12.5. The molecular weight excluding hydrogens is 250 g/mol. The van der Waals surface area contributed by atoms with Gasteiger partial charge in [0.25, 0.3) is 5.91 Å². The molecule has 4 heteroatoms. The molecule has 1 N–H and O–H groups in total.